The molecule has 0 rings (SSSR count). The van der Waals surface area contributed by atoms with Crippen molar-refractivity contribution in [1.82, 2.24) is 10.6 Å². The van der Waals surface area contributed by atoms with E-state index in [1.807, 2.05) is 0 Å². The average molecular weight is 216 g/mol. The molecule has 0 aromatic rings. The molecular formula is C9H16N2O4. The molecule has 0 spiro atoms. The first-order chi connectivity index (χ1) is 7.11. The summed E-state index contributed by atoms with van der Waals surface area (Å²) in [5, 5.41) is 12.8. The van der Waals surface area contributed by atoms with Gasteiger partial charge in [0.05, 0.1) is 19.5 Å². The van der Waals surface area contributed by atoms with Gasteiger partial charge in [0.1, 0.15) is 0 Å². The first-order valence-corrected chi connectivity index (χ1v) is 4.60. The van der Waals surface area contributed by atoms with Crippen molar-refractivity contribution >= 4 is 11.9 Å². The Bertz CT molecular complexity index is 250. The van der Waals surface area contributed by atoms with Gasteiger partial charge in [-0.3, -0.25) is 10.1 Å². The summed E-state index contributed by atoms with van der Waals surface area (Å²) in [7, 11) is 0. The van der Waals surface area contributed by atoms with Crippen molar-refractivity contribution in [2.45, 2.75) is 13.8 Å². The second kappa shape index (κ2) is 7.81. The monoisotopic (exact) mass is 216 g/mol. The van der Waals surface area contributed by atoms with Gasteiger partial charge < -0.3 is 15.2 Å². The molecule has 0 heterocycles. The van der Waals surface area contributed by atoms with Crippen LogP contribution in [0.25, 0.3) is 0 Å². The number of carbonyl (C=O) groups excluding carboxylic acids is 2. The highest BCUT2D eigenvalue weighted by Gasteiger charge is 2.08. The Labute approximate surface area is 88.3 Å². The van der Waals surface area contributed by atoms with Gasteiger partial charge in [0, 0.05) is 12.1 Å². The van der Waals surface area contributed by atoms with E-state index in [2.05, 4.69) is 10.6 Å². The summed E-state index contributed by atoms with van der Waals surface area (Å²) in [6.45, 7) is 3.71. The lowest BCUT2D eigenvalue weighted by molar-refractivity contribution is -0.116. The fourth-order valence-electron chi connectivity index (χ4n) is 0.677. The Morgan fingerprint density at radius 3 is 2.67 bits per heavy atom. The lowest BCUT2D eigenvalue weighted by atomic mass is 10.3. The maximum Gasteiger partial charge on any atom is 0.321 e. The fraction of sp³-hybridized carbons (Fsp3) is 0.556. The van der Waals surface area contributed by atoms with E-state index < -0.39 is 11.9 Å². The van der Waals surface area contributed by atoms with Crippen LogP contribution in [-0.4, -0.2) is 36.8 Å². The van der Waals surface area contributed by atoms with E-state index in [0.717, 1.165) is 0 Å². The molecular weight excluding hydrogens is 200 g/mol. The standard InChI is InChI=1S/C9H16N2O4/c1-3-15-6-7(2)8(13)11-9(14)10-4-5-12/h6,12H,3-5H2,1-2H3,(H2,10,11,13,14)/b7-6+. The highest BCUT2D eigenvalue weighted by molar-refractivity contribution is 6.03. The molecule has 3 amide bonds. The van der Waals surface area contributed by atoms with Crippen molar-refractivity contribution in [3.8, 4) is 0 Å². The van der Waals surface area contributed by atoms with Crippen LogP contribution in [0.4, 0.5) is 4.79 Å². The topological polar surface area (TPSA) is 87.7 Å². The molecule has 0 aliphatic heterocycles. The van der Waals surface area contributed by atoms with E-state index >= 15 is 0 Å². The molecule has 0 saturated heterocycles. The van der Waals surface area contributed by atoms with Gasteiger partial charge in [0.15, 0.2) is 0 Å². The van der Waals surface area contributed by atoms with E-state index in [1.54, 1.807) is 6.92 Å². The summed E-state index contributed by atoms with van der Waals surface area (Å²) in [6, 6.07) is -0.640. The molecule has 0 fully saturated rings. The third kappa shape index (κ3) is 6.50. The number of amides is 3. The van der Waals surface area contributed by atoms with Crippen LogP contribution >= 0.6 is 0 Å². The number of urea groups is 1. The fourth-order valence-corrected chi connectivity index (χ4v) is 0.677. The van der Waals surface area contributed by atoms with Crippen molar-refractivity contribution in [1.29, 1.82) is 0 Å². The molecule has 0 aromatic carbocycles. The number of carbonyl (C=O) groups is 2. The van der Waals surface area contributed by atoms with E-state index in [9.17, 15) is 9.59 Å². The lowest BCUT2D eigenvalue weighted by Gasteiger charge is -2.05. The number of hydrogen-bond donors (Lipinski definition) is 3. The molecule has 0 unspecified atom stereocenters. The maximum absolute atomic E-state index is 11.2. The van der Waals surface area contributed by atoms with Crippen molar-refractivity contribution in [2.24, 2.45) is 0 Å². The molecule has 0 aliphatic rings. The molecule has 86 valence electrons. The highest BCUT2D eigenvalue weighted by atomic mass is 16.5. The van der Waals surface area contributed by atoms with Gasteiger partial charge in [-0.15, -0.1) is 0 Å². The maximum atomic E-state index is 11.2. The second-order valence-electron chi connectivity index (χ2n) is 2.69. The van der Waals surface area contributed by atoms with Gasteiger partial charge in [-0.1, -0.05) is 0 Å². The number of ether oxygens (including phenoxy) is 1. The van der Waals surface area contributed by atoms with Crippen LogP contribution in [0.15, 0.2) is 11.8 Å². The quantitative estimate of drug-likeness (QED) is 0.436. The molecule has 6 nitrogen and oxygen atoms in total. The normalized spacial score (nSPS) is 10.7. The molecule has 6 heteroatoms. The van der Waals surface area contributed by atoms with Gasteiger partial charge in [0.2, 0.25) is 0 Å². The third-order valence-electron chi connectivity index (χ3n) is 1.41. The predicted octanol–water partition coefficient (Wildman–Crippen LogP) is -0.255. The Hall–Kier alpha value is -1.56. The van der Waals surface area contributed by atoms with Crippen molar-refractivity contribution in [3.63, 3.8) is 0 Å². The zero-order valence-electron chi connectivity index (χ0n) is 8.87. The molecule has 15 heavy (non-hydrogen) atoms. The zero-order valence-corrected chi connectivity index (χ0v) is 8.87. The number of nitrogens with one attached hydrogen (secondary N) is 2. The highest BCUT2D eigenvalue weighted by Crippen LogP contribution is 1.92. The second-order valence-corrected chi connectivity index (χ2v) is 2.69. The average Bonchev–Trinajstić information content (AvgIpc) is 2.22. The van der Waals surface area contributed by atoms with Crippen LogP contribution < -0.4 is 10.6 Å². The Morgan fingerprint density at radius 2 is 2.13 bits per heavy atom. The number of aliphatic hydroxyl groups excluding tert-OH is 1. The molecule has 0 aromatic heterocycles. The van der Waals surface area contributed by atoms with Crippen LogP contribution in [0, 0.1) is 0 Å². The number of aliphatic hydroxyl groups is 1. The number of imide groups is 1. The summed E-state index contributed by atoms with van der Waals surface area (Å²) < 4.78 is 4.88. The molecule has 0 saturated carbocycles. The SMILES string of the molecule is CCO/C=C(\C)C(=O)NC(=O)NCCO. The van der Waals surface area contributed by atoms with Gasteiger partial charge in [-0.2, -0.15) is 0 Å². The molecule has 0 aliphatic carbocycles. The van der Waals surface area contributed by atoms with Crippen LogP contribution in [0.2, 0.25) is 0 Å². The summed E-state index contributed by atoms with van der Waals surface area (Å²) in [6.07, 6.45) is 1.29. The lowest BCUT2D eigenvalue weighted by Crippen LogP contribution is -2.40. The minimum Gasteiger partial charge on any atom is -0.501 e. The van der Waals surface area contributed by atoms with Crippen molar-refractivity contribution in [3.05, 3.63) is 11.8 Å². The Kier molecular flexibility index (Phi) is 7.00. The molecule has 0 bridgehead atoms. The smallest absolute Gasteiger partial charge is 0.321 e. The largest absolute Gasteiger partial charge is 0.501 e. The minimum atomic E-state index is -0.640. The first-order valence-electron chi connectivity index (χ1n) is 4.60. The number of hydrogen-bond acceptors (Lipinski definition) is 4. The van der Waals surface area contributed by atoms with Crippen LogP contribution in [0.3, 0.4) is 0 Å². The number of rotatable bonds is 5. The third-order valence-corrected chi connectivity index (χ3v) is 1.41. The Morgan fingerprint density at radius 1 is 1.47 bits per heavy atom. The van der Waals surface area contributed by atoms with Gasteiger partial charge in [0.25, 0.3) is 5.91 Å². The minimum absolute atomic E-state index is 0.104. The zero-order chi connectivity index (χ0) is 11.7. The van der Waals surface area contributed by atoms with Crippen LogP contribution in [0.1, 0.15) is 13.8 Å². The van der Waals surface area contributed by atoms with E-state index in [4.69, 9.17) is 9.84 Å². The van der Waals surface area contributed by atoms with Crippen LogP contribution in [0.5, 0.6) is 0 Å². The van der Waals surface area contributed by atoms with Gasteiger partial charge in [-0.25, -0.2) is 4.79 Å². The molecule has 3 N–H and O–H groups in total. The predicted molar refractivity (Wildman–Crippen MR) is 54.0 cm³/mol. The summed E-state index contributed by atoms with van der Waals surface area (Å²) in [5.74, 6) is -0.529. The molecule has 0 atom stereocenters. The summed E-state index contributed by atoms with van der Waals surface area (Å²) >= 11 is 0. The first kappa shape index (κ1) is 13.4. The van der Waals surface area contributed by atoms with E-state index in [0.29, 0.717) is 12.2 Å². The summed E-state index contributed by atoms with van der Waals surface area (Å²) in [5.41, 5.74) is 0.302. The van der Waals surface area contributed by atoms with Gasteiger partial charge >= 0.3 is 6.03 Å². The van der Waals surface area contributed by atoms with Crippen molar-refractivity contribution < 1.29 is 19.4 Å². The van der Waals surface area contributed by atoms with E-state index in [1.165, 1.54) is 13.2 Å². The Balaban J connectivity index is 3.96. The van der Waals surface area contributed by atoms with Gasteiger partial charge in [-0.05, 0) is 13.8 Å². The summed E-state index contributed by atoms with van der Waals surface area (Å²) in [4.78, 5) is 22.2. The van der Waals surface area contributed by atoms with Crippen LogP contribution in [-0.2, 0) is 9.53 Å². The van der Waals surface area contributed by atoms with Crippen molar-refractivity contribution in [2.75, 3.05) is 19.8 Å². The van der Waals surface area contributed by atoms with E-state index in [-0.39, 0.29) is 13.2 Å². The molecule has 0 radical (unpaired) electrons.